The fraction of sp³-hybridized carbons (Fsp3) is 0.500. The van der Waals surface area contributed by atoms with Crippen molar-refractivity contribution in [2.75, 3.05) is 13.7 Å². The number of aromatic nitrogens is 2. The van der Waals surface area contributed by atoms with Crippen LogP contribution < -0.4 is 0 Å². The highest BCUT2D eigenvalue weighted by Gasteiger charge is 2.19. The molecule has 0 aliphatic rings. The molecule has 0 amide bonds. The van der Waals surface area contributed by atoms with E-state index >= 15 is 0 Å². The number of aromatic carboxylic acids is 1. The molecule has 114 valence electrons. The summed E-state index contributed by atoms with van der Waals surface area (Å²) in [4.78, 5) is 15.7. The maximum absolute atomic E-state index is 11.1. The molecule has 0 saturated heterocycles. The second kappa shape index (κ2) is 6.26. The average Bonchev–Trinajstić information content (AvgIpc) is 2.83. The SMILES string of the molecule is COCCC(C)n1c(C(C)C)nc2cc(C(=O)O)ccc21. The molecule has 5 heteroatoms. The predicted octanol–water partition coefficient (Wildman–Crippen LogP) is 3.46. The quantitative estimate of drug-likeness (QED) is 0.885. The normalized spacial score (nSPS) is 13.0. The monoisotopic (exact) mass is 290 g/mol. The maximum atomic E-state index is 11.1. The number of nitrogens with zero attached hydrogens (tertiary/aromatic N) is 2. The number of methoxy groups -OCH3 is 1. The lowest BCUT2D eigenvalue weighted by Gasteiger charge is -2.19. The van der Waals surface area contributed by atoms with Gasteiger partial charge in [0.1, 0.15) is 5.82 Å². The van der Waals surface area contributed by atoms with Crippen LogP contribution in [-0.2, 0) is 4.74 Å². The van der Waals surface area contributed by atoms with Gasteiger partial charge in [-0.3, -0.25) is 0 Å². The van der Waals surface area contributed by atoms with Crippen LogP contribution in [0.25, 0.3) is 11.0 Å². The Morgan fingerprint density at radius 1 is 1.38 bits per heavy atom. The molecule has 5 nitrogen and oxygen atoms in total. The second-order valence-corrected chi connectivity index (χ2v) is 5.63. The van der Waals surface area contributed by atoms with Gasteiger partial charge >= 0.3 is 5.97 Å². The van der Waals surface area contributed by atoms with E-state index in [4.69, 9.17) is 9.84 Å². The van der Waals surface area contributed by atoms with Crippen molar-refractivity contribution in [3.63, 3.8) is 0 Å². The van der Waals surface area contributed by atoms with Crippen LogP contribution in [0.5, 0.6) is 0 Å². The van der Waals surface area contributed by atoms with E-state index < -0.39 is 5.97 Å². The highest BCUT2D eigenvalue weighted by atomic mass is 16.5. The minimum atomic E-state index is -0.926. The van der Waals surface area contributed by atoms with Crippen LogP contribution in [0.15, 0.2) is 18.2 Å². The van der Waals surface area contributed by atoms with Crippen LogP contribution in [0.1, 0.15) is 55.3 Å². The van der Waals surface area contributed by atoms with Crippen molar-refractivity contribution in [2.45, 2.75) is 39.2 Å². The standard InChI is InChI=1S/C16H22N2O3/c1-10(2)15-17-13-9-12(16(19)20)5-6-14(13)18(15)11(3)7-8-21-4/h5-6,9-11H,7-8H2,1-4H3,(H,19,20). The van der Waals surface area contributed by atoms with Crippen molar-refractivity contribution >= 4 is 17.0 Å². The number of carboxylic acid groups (broad SMARTS) is 1. The Morgan fingerprint density at radius 2 is 2.10 bits per heavy atom. The Kier molecular flexibility index (Phi) is 4.63. The van der Waals surface area contributed by atoms with E-state index in [2.05, 4.69) is 30.3 Å². The summed E-state index contributed by atoms with van der Waals surface area (Å²) < 4.78 is 7.36. The number of rotatable bonds is 6. The molecule has 2 aromatic rings. The van der Waals surface area contributed by atoms with Gasteiger partial charge in [0, 0.05) is 25.7 Å². The van der Waals surface area contributed by atoms with Crippen LogP contribution in [0.3, 0.4) is 0 Å². The van der Waals surface area contributed by atoms with Gasteiger partial charge in [0.2, 0.25) is 0 Å². The lowest BCUT2D eigenvalue weighted by Crippen LogP contribution is -2.12. The molecule has 2 rings (SSSR count). The zero-order valence-electron chi connectivity index (χ0n) is 13.0. The summed E-state index contributed by atoms with van der Waals surface area (Å²) in [6, 6.07) is 5.38. The predicted molar refractivity (Wildman–Crippen MR) is 82.0 cm³/mol. The molecule has 0 aliphatic carbocycles. The van der Waals surface area contributed by atoms with Crippen LogP contribution in [0.2, 0.25) is 0 Å². The molecular formula is C16H22N2O3. The molecule has 0 spiro atoms. The molecule has 1 unspecified atom stereocenters. The number of hydrogen-bond donors (Lipinski definition) is 1. The van der Waals surface area contributed by atoms with Crippen molar-refractivity contribution in [2.24, 2.45) is 0 Å². The number of benzene rings is 1. The van der Waals surface area contributed by atoms with Gasteiger partial charge in [-0.25, -0.2) is 9.78 Å². The Hall–Kier alpha value is -1.88. The number of carbonyl (C=O) groups is 1. The molecule has 1 aromatic heterocycles. The third-order valence-electron chi connectivity index (χ3n) is 3.66. The number of hydrogen-bond acceptors (Lipinski definition) is 3. The first-order valence-electron chi connectivity index (χ1n) is 7.19. The van der Waals surface area contributed by atoms with E-state index in [0.29, 0.717) is 6.61 Å². The van der Waals surface area contributed by atoms with E-state index in [1.54, 1.807) is 19.2 Å². The van der Waals surface area contributed by atoms with Crippen molar-refractivity contribution < 1.29 is 14.6 Å². The van der Waals surface area contributed by atoms with Gasteiger partial charge in [0.05, 0.1) is 16.6 Å². The summed E-state index contributed by atoms with van der Waals surface area (Å²) in [6.07, 6.45) is 0.891. The van der Waals surface area contributed by atoms with Crippen LogP contribution in [0, 0.1) is 0 Å². The third-order valence-corrected chi connectivity index (χ3v) is 3.66. The first-order valence-corrected chi connectivity index (χ1v) is 7.19. The van der Waals surface area contributed by atoms with Crippen molar-refractivity contribution in [1.82, 2.24) is 9.55 Å². The Labute approximate surface area is 124 Å². The van der Waals surface area contributed by atoms with Crippen molar-refractivity contribution in [1.29, 1.82) is 0 Å². The fourth-order valence-electron chi connectivity index (χ4n) is 2.54. The lowest BCUT2D eigenvalue weighted by molar-refractivity contribution is 0.0697. The minimum Gasteiger partial charge on any atom is -0.478 e. The molecule has 1 heterocycles. The molecular weight excluding hydrogens is 268 g/mol. The summed E-state index contributed by atoms with van der Waals surface area (Å²) >= 11 is 0. The third kappa shape index (κ3) is 3.08. The molecule has 0 aliphatic heterocycles. The van der Waals surface area contributed by atoms with E-state index in [0.717, 1.165) is 23.3 Å². The smallest absolute Gasteiger partial charge is 0.335 e. The average molecular weight is 290 g/mol. The van der Waals surface area contributed by atoms with E-state index in [1.807, 2.05) is 6.07 Å². The Bertz CT molecular complexity index is 646. The molecule has 0 bridgehead atoms. The maximum Gasteiger partial charge on any atom is 0.335 e. The van der Waals surface area contributed by atoms with E-state index in [9.17, 15) is 4.79 Å². The molecule has 1 aromatic carbocycles. The molecule has 1 atom stereocenters. The number of imidazole rings is 1. The van der Waals surface area contributed by atoms with Gasteiger partial charge < -0.3 is 14.4 Å². The van der Waals surface area contributed by atoms with E-state index in [1.165, 1.54) is 0 Å². The fourth-order valence-corrected chi connectivity index (χ4v) is 2.54. The summed E-state index contributed by atoms with van der Waals surface area (Å²) in [5, 5.41) is 9.10. The number of fused-ring (bicyclic) bond motifs is 1. The lowest BCUT2D eigenvalue weighted by atomic mass is 10.1. The zero-order valence-corrected chi connectivity index (χ0v) is 13.0. The Balaban J connectivity index is 2.55. The first-order chi connectivity index (χ1) is 9.95. The highest BCUT2D eigenvalue weighted by molar-refractivity contribution is 5.92. The van der Waals surface area contributed by atoms with Crippen molar-refractivity contribution in [3.05, 3.63) is 29.6 Å². The highest BCUT2D eigenvalue weighted by Crippen LogP contribution is 2.28. The molecule has 0 fully saturated rings. The number of carboxylic acids is 1. The summed E-state index contributed by atoms with van der Waals surface area (Å²) in [5.74, 6) is 0.330. The summed E-state index contributed by atoms with van der Waals surface area (Å²) in [5.41, 5.74) is 1.99. The summed E-state index contributed by atoms with van der Waals surface area (Å²) in [7, 11) is 1.70. The molecule has 21 heavy (non-hydrogen) atoms. The van der Waals surface area contributed by atoms with E-state index in [-0.39, 0.29) is 17.5 Å². The first kappa shape index (κ1) is 15.5. The van der Waals surface area contributed by atoms with Gasteiger partial charge in [-0.2, -0.15) is 0 Å². The zero-order chi connectivity index (χ0) is 15.6. The van der Waals surface area contributed by atoms with Crippen LogP contribution in [0.4, 0.5) is 0 Å². The van der Waals surface area contributed by atoms with Gasteiger partial charge in [-0.15, -0.1) is 0 Å². The van der Waals surface area contributed by atoms with Gasteiger partial charge in [-0.05, 0) is 31.5 Å². The summed E-state index contributed by atoms with van der Waals surface area (Å²) in [6.45, 7) is 7.01. The second-order valence-electron chi connectivity index (χ2n) is 5.63. The molecule has 1 N–H and O–H groups in total. The van der Waals surface area contributed by atoms with Gasteiger partial charge in [-0.1, -0.05) is 13.8 Å². The number of ether oxygens (including phenoxy) is 1. The largest absolute Gasteiger partial charge is 0.478 e. The van der Waals surface area contributed by atoms with Crippen molar-refractivity contribution in [3.8, 4) is 0 Å². The van der Waals surface area contributed by atoms with Gasteiger partial charge in [0.25, 0.3) is 0 Å². The molecule has 0 saturated carbocycles. The van der Waals surface area contributed by atoms with Gasteiger partial charge in [0.15, 0.2) is 0 Å². The minimum absolute atomic E-state index is 0.253. The topological polar surface area (TPSA) is 64.4 Å². The molecule has 0 radical (unpaired) electrons. The van der Waals surface area contributed by atoms with Crippen LogP contribution >= 0.6 is 0 Å². The Morgan fingerprint density at radius 3 is 2.67 bits per heavy atom. The van der Waals surface area contributed by atoms with Crippen LogP contribution in [-0.4, -0.2) is 34.3 Å².